The zero-order valence-corrected chi connectivity index (χ0v) is 17.2. The summed E-state index contributed by atoms with van der Waals surface area (Å²) in [6.45, 7) is 6.45. The van der Waals surface area contributed by atoms with Crippen LogP contribution in [0.5, 0.6) is 0 Å². The summed E-state index contributed by atoms with van der Waals surface area (Å²) in [5.74, 6) is 0.630. The SMILES string of the molecule is CCn1cnc2cc(NC(=O)C3CN(C(=O)CCn4ccnc4C)CCO3)ccc21. The normalized spacial score (nSPS) is 16.7. The monoisotopic (exact) mass is 410 g/mol. The number of ether oxygens (including phenoxy) is 1. The maximum Gasteiger partial charge on any atom is 0.255 e. The zero-order chi connectivity index (χ0) is 21.1. The van der Waals surface area contributed by atoms with Crippen LogP contribution < -0.4 is 5.32 Å². The Balaban J connectivity index is 1.35. The fourth-order valence-corrected chi connectivity index (χ4v) is 3.66. The topological polar surface area (TPSA) is 94.3 Å². The first-order valence-corrected chi connectivity index (χ1v) is 10.2. The number of aromatic nitrogens is 4. The number of morpholine rings is 1. The van der Waals surface area contributed by atoms with E-state index in [4.69, 9.17) is 4.74 Å². The molecule has 2 aromatic heterocycles. The molecule has 9 nitrogen and oxygen atoms in total. The van der Waals surface area contributed by atoms with Gasteiger partial charge in [0.25, 0.3) is 5.91 Å². The maximum atomic E-state index is 12.7. The van der Waals surface area contributed by atoms with Crippen LogP contribution in [0.2, 0.25) is 0 Å². The second-order valence-electron chi connectivity index (χ2n) is 7.34. The molecule has 0 bridgehead atoms. The van der Waals surface area contributed by atoms with Gasteiger partial charge in [0.15, 0.2) is 6.10 Å². The molecule has 9 heteroatoms. The standard InChI is InChI=1S/C21H26N6O3/c1-3-25-14-23-17-12-16(4-5-18(17)25)24-21(29)19-13-27(10-11-30-19)20(28)6-8-26-9-7-22-15(26)2/h4-5,7,9,12,14,19H,3,6,8,10-11,13H2,1-2H3,(H,24,29). The minimum atomic E-state index is -0.693. The Bertz CT molecular complexity index is 1060. The maximum absolute atomic E-state index is 12.7. The van der Waals surface area contributed by atoms with E-state index in [2.05, 4.69) is 22.2 Å². The number of hydrogen-bond donors (Lipinski definition) is 1. The fourth-order valence-electron chi connectivity index (χ4n) is 3.66. The lowest BCUT2D eigenvalue weighted by molar-refractivity contribution is -0.144. The van der Waals surface area contributed by atoms with Gasteiger partial charge in [-0.05, 0) is 32.0 Å². The molecule has 3 aromatic rings. The van der Waals surface area contributed by atoms with Gasteiger partial charge in [-0.25, -0.2) is 9.97 Å². The Morgan fingerprint density at radius 1 is 1.27 bits per heavy atom. The third-order valence-corrected chi connectivity index (χ3v) is 5.43. The van der Waals surface area contributed by atoms with Crippen LogP contribution in [0.4, 0.5) is 5.69 Å². The van der Waals surface area contributed by atoms with E-state index in [0.717, 1.165) is 23.4 Å². The number of hydrogen-bond acceptors (Lipinski definition) is 5. The summed E-state index contributed by atoms with van der Waals surface area (Å²) in [6, 6.07) is 5.64. The van der Waals surface area contributed by atoms with Crippen molar-refractivity contribution in [3.8, 4) is 0 Å². The van der Waals surface area contributed by atoms with E-state index < -0.39 is 6.10 Å². The summed E-state index contributed by atoms with van der Waals surface area (Å²) in [5, 5.41) is 2.89. The quantitative estimate of drug-likeness (QED) is 0.669. The van der Waals surface area contributed by atoms with Crippen LogP contribution >= 0.6 is 0 Å². The summed E-state index contributed by atoms with van der Waals surface area (Å²) >= 11 is 0. The molecule has 0 spiro atoms. The van der Waals surface area contributed by atoms with Crippen molar-refractivity contribution in [3.05, 3.63) is 42.7 Å². The molecule has 0 saturated carbocycles. The van der Waals surface area contributed by atoms with Crippen molar-refractivity contribution in [1.29, 1.82) is 0 Å². The number of benzene rings is 1. The largest absolute Gasteiger partial charge is 0.365 e. The average molecular weight is 410 g/mol. The number of aryl methyl sites for hydroxylation is 3. The Morgan fingerprint density at radius 3 is 2.90 bits per heavy atom. The molecule has 158 valence electrons. The Labute approximate surface area is 174 Å². The van der Waals surface area contributed by atoms with E-state index in [1.54, 1.807) is 17.4 Å². The van der Waals surface area contributed by atoms with Crippen LogP contribution in [0.15, 0.2) is 36.9 Å². The van der Waals surface area contributed by atoms with E-state index in [0.29, 0.717) is 31.8 Å². The predicted molar refractivity (Wildman–Crippen MR) is 112 cm³/mol. The summed E-state index contributed by atoms with van der Waals surface area (Å²) < 4.78 is 9.61. The molecule has 1 aliphatic rings. The lowest BCUT2D eigenvalue weighted by Crippen LogP contribution is -2.50. The Hall–Kier alpha value is -3.20. The van der Waals surface area contributed by atoms with Crippen molar-refractivity contribution in [1.82, 2.24) is 24.0 Å². The van der Waals surface area contributed by atoms with E-state index in [1.165, 1.54) is 0 Å². The van der Waals surface area contributed by atoms with Crippen LogP contribution in [0.3, 0.4) is 0 Å². The number of imidazole rings is 2. The van der Waals surface area contributed by atoms with Gasteiger partial charge in [0.1, 0.15) is 5.82 Å². The van der Waals surface area contributed by atoms with Crippen molar-refractivity contribution >= 4 is 28.5 Å². The number of fused-ring (bicyclic) bond motifs is 1. The van der Waals surface area contributed by atoms with Crippen LogP contribution in [0.1, 0.15) is 19.2 Å². The first-order chi connectivity index (χ1) is 14.5. The molecular formula is C21H26N6O3. The molecule has 0 aliphatic carbocycles. The highest BCUT2D eigenvalue weighted by molar-refractivity contribution is 5.96. The number of nitrogens with zero attached hydrogens (tertiary/aromatic N) is 5. The minimum absolute atomic E-state index is 0.00993. The lowest BCUT2D eigenvalue weighted by Gasteiger charge is -2.32. The summed E-state index contributed by atoms with van der Waals surface area (Å²) in [6.07, 6.45) is 5.04. The first-order valence-electron chi connectivity index (χ1n) is 10.2. The van der Waals surface area contributed by atoms with Crippen LogP contribution in [0.25, 0.3) is 11.0 Å². The number of carbonyl (C=O) groups excluding carboxylic acids is 2. The second-order valence-corrected chi connectivity index (χ2v) is 7.34. The van der Waals surface area contributed by atoms with Gasteiger partial charge < -0.3 is 24.1 Å². The van der Waals surface area contributed by atoms with Gasteiger partial charge in [-0.1, -0.05) is 0 Å². The smallest absolute Gasteiger partial charge is 0.255 e. The number of nitrogens with one attached hydrogen (secondary N) is 1. The predicted octanol–water partition coefficient (Wildman–Crippen LogP) is 1.82. The van der Waals surface area contributed by atoms with Gasteiger partial charge in [-0.15, -0.1) is 0 Å². The molecule has 1 saturated heterocycles. The number of anilines is 1. The third kappa shape index (κ3) is 4.20. The van der Waals surface area contributed by atoms with Gasteiger partial charge in [0.05, 0.1) is 30.5 Å². The molecule has 4 rings (SSSR count). The first kappa shape index (κ1) is 20.1. The van der Waals surface area contributed by atoms with Crippen LogP contribution in [-0.4, -0.2) is 61.6 Å². The minimum Gasteiger partial charge on any atom is -0.365 e. The van der Waals surface area contributed by atoms with Crippen molar-refractivity contribution < 1.29 is 14.3 Å². The molecule has 3 heterocycles. The molecular weight excluding hydrogens is 384 g/mol. The third-order valence-electron chi connectivity index (χ3n) is 5.43. The molecule has 1 fully saturated rings. The van der Waals surface area contributed by atoms with Gasteiger partial charge in [-0.3, -0.25) is 9.59 Å². The van der Waals surface area contributed by atoms with E-state index >= 15 is 0 Å². The lowest BCUT2D eigenvalue weighted by atomic mass is 10.2. The van der Waals surface area contributed by atoms with Gasteiger partial charge >= 0.3 is 0 Å². The molecule has 1 aromatic carbocycles. The van der Waals surface area contributed by atoms with E-state index in [9.17, 15) is 9.59 Å². The number of carbonyl (C=O) groups is 2. The Morgan fingerprint density at radius 2 is 2.13 bits per heavy atom. The molecule has 1 N–H and O–H groups in total. The molecule has 1 aliphatic heterocycles. The number of rotatable bonds is 6. The molecule has 2 amide bonds. The van der Waals surface area contributed by atoms with Gasteiger partial charge in [0.2, 0.25) is 5.91 Å². The molecule has 1 atom stereocenters. The van der Waals surface area contributed by atoms with Crippen LogP contribution in [0, 0.1) is 6.92 Å². The molecule has 30 heavy (non-hydrogen) atoms. The summed E-state index contributed by atoms with van der Waals surface area (Å²) in [7, 11) is 0. The van der Waals surface area contributed by atoms with Crippen molar-refractivity contribution in [2.45, 2.75) is 39.5 Å². The highest BCUT2D eigenvalue weighted by Gasteiger charge is 2.29. The highest BCUT2D eigenvalue weighted by atomic mass is 16.5. The average Bonchev–Trinajstić information content (AvgIpc) is 3.37. The summed E-state index contributed by atoms with van der Waals surface area (Å²) in [4.78, 5) is 35.6. The highest BCUT2D eigenvalue weighted by Crippen LogP contribution is 2.19. The van der Waals surface area contributed by atoms with Crippen molar-refractivity contribution in [2.24, 2.45) is 0 Å². The van der Waals surface area contributed by atoms with Crippen molar-refractivity contribution in [3.63, 3.8) is 0 Å². The van der Waals surface area contributed by atoms with E-state index in [1.807, 2.05) is 40.5 Å². The Kier molecular flexibility index (Phi) is 5.80. The zero-order valence-electron chi connectivity index (χ0n) is 17.2. The molecule has 1 unspecified atom stereocenters. The second kappa shape index (κ2) is 8.66. The van der Waals surface area contributed by atoms with Crippen molar-refractivity contribution in [2.75, 3.05) is 25.0 Å². The van der Waals surface area contributed by atoms with Gasteiger partial charge in [0, 0.05) is 44.1 Å². The fraction of sp³-hybridized carbons (Fsp3) is 0.429. The summed E-state index contributed by atoms with van der Waals surface area (Å²) in [5.41, 5.74) is 2.51. The molecule has 0 radical (unpaired) electrons. The number of amides is 2. The van der Waals surface area contributed by atoms with Crippen LogP contribution in [-0.2, 0) is 27.4 Å². The van der Waals surface area contributed by atoms with Gasteiger partial charge in [-0.2, -0.15) is 0 Å². The van der Waals surface area contributed by atoms with E-state index in [-0.39, 0.29) is 18.4 Å².